The van der Waals surface area contributed by atoms with E-state index in [1.165, 1.54) is 23.5 Å². The highest BCUT2D eigenvalue weighted by molar-refractivity contribution is 7.16. The first-order chi connectivity index (χ1) is 11.2. The summed E-state index contributed by atoms with van der Waals surface area (Å²) in [7, 11) is 0. The van der Waals surface area contributed by atoms with Crippen LogP contribution in [0.5, 0.6) is 0 Å². The molecule has 3 nitrogen and oxygen atoms in total. The highest BCUT2D eigenvalue weighted by atomic mass is 32.1. The summed E-state index contributed by atoms with van der Waals surface area (Å²) in [4.78, 5) is 17.6. The molecule has 0 fully saturated rings. The lowest BCUT2D eigenvalue weighted by Crippen LogP contribution is -2.16. The number of thiophene rings is 1. The van der Waals surface area contributed by atoms with Crippen LogP contribution in [-0.2, 0) is 11.3 Å². The van der Waals surface area contributed by atoms with Crippen LogP contribution in [0.4, 0.5) is 4.39 Å². The molecule has 0 aliphatic rings. The van der Waals surface area contributed by atoms with E-state index in [1.54, 1.807) is 34.1 Å². The molecule has 2 heterocycles. The lowest BCUT2D eigenvalue weighted by atomic mass is 10.3. The van der Waals surface area contributed by atoms with E-state index < -0.39 is 0 Å². The van der Waals surface area contributed by atoms with Crippen LogP contribution in [0.25, 0.3) is 16.3 Å². The molecule has 0 spiro atoms. The molecular weight excluding hydrogens is 331 g/mol. The number of nitrogens with zero attached hydrogens (tertiary/aromatic N) is 2. The molecule has 23 heavy (non-hydrogen) atoms. The van der Waals surface area contributed by atoms with Gasteiger partial charge in [0.25, 0.3) is 5.91 Å². The fourth-order valence-electron chi connectivity index (χ4n) is 2.14. The molecule has 0 atom stereocenters. The maximum Gasteiger partial charge on any atom is 0.272 e. The number of fused-ring (bicyclic) bond motifs is 1. The number of para-hydroxylation sites is 1. The first-order valence-electron chi connectivity index (χ1n) is 6.88. The van der Waals surface area contributed by atoms with Crippen molar-refractivity contribution < 1.29 is 9.18 Å². The number of hydrogen-bond donors (Lipinski definition) is 0. The average Bonchev–Trinajstić information content (AvgIpc) is 3.15. The van der Waals surface area contributed by atoms with Crippen LogP contribution in [0.3, 0.4) is 0 Å². The molecule has 0 N–H and O–H groups in total. The number of allylic oxidation sites excluding steroid dienone is 1. The van der Waals surface area contributed by atoms with E-state index in [1.807, 2.05) is 23.6 Å². The van der Waals surface area contributed by atoms with E-state index in [4.69, 9.17) is 0 Å². The largest absolute Gasteiger partial charge is 0.310 e. The van der Waals surface area contributed by atoms with Crippen molar-refractivity contribution in [2.75, 3.05) is 0 Å². The van der Waals surface area contributed by atoms with Crippen molar-refractivity contribution in [2.24, 2.45) is 4.99 Å². The molecule has 1 amide bonds. The summed E-state index contributed by atoms with van der Waals surface area (Å²) in [6, 6.07) is 8.69. The van der Waals surface area contributed by atoms with Crippen molar-refractivity contribution in [1.29, 1.82) is 0 Å². The quantitative estimate of drug-likeness (QED) is 0.515. The Labute approximate surface area is 140 Å². The Hall–Kier alpha value is -2.31. The summed E-state index contributed by atoms with van der Waals surface area (Å²) in [5.74, 6) is -0.702. The Morgan fingerprint density at radius 1 is 1.35 bits per heavy atom. The Bertz CT molecular complexity index is 949. The Morgan fingerprint density at radius 2 is 2.22 bits per heavy atom. The van der Waals surface area contributed by atoms with Gasteiger partial charge in [-0.3, -0.25) is 4.79 Å². The highest BCUT2D eigenvalue weighted by Crippen LogP contribution is 2.20. The number of amides is 1. The molecule has 6 heteroatoms. The summed E-state index contributed by atoms with van der Waals surface area (Å²) < 4.78 is 16.5. The number of hydrogen-bond acceptors (Lipinski definition) is 3. The Morgan fingerprint density at radius 3 is 2.96 bits per heavy atom. The second kappa shape index (κ2) is 6.85. The third-order valence-electron chi connectivity index (χ3n) is 3.10. The number of halogens is 1. The summed E-state index contributed by atoms with van der Waals surface area (Å²) in [6.45, 7) is 4.08. The van der Waals surface area contributed by atoms with Crippen LogP contribution >= 0.6 is 22.7 Å². The minimum absolute atomic E-state index is 0.330. The van der Waals surface area contributed by atoms with Gasteiger partial charge in [0.05, 0.1) is 10.2 Å². The van der Waals surface area contributed by atoms with Crippen molar-refractivity contribution in [1.82, 2.24) is 4.57 Å². The maximum atomic E-state index is 14.1. The second-order valence-electron chi connectivity index (χ2n) is 4.67. The predicted molar refractivity (Wildman–Crippen MR) is 93.9 cm³/mol. The average molecular weight is 344 g/mol. The van der Waals surface area contributed by atoms with Crippen LogP contribution in [-0.4, -0.2) is 10.5 Å². The van der Waals surface area contributed by atoms with Crippen molar-refractivity contribution >= 4 is 44.9 Å². The number of carbonyl (C=O) groups is 1. The normalized spacial score (nSPS) is 12.3. The van der Waals surface area contributed by atoms with E-state index in [0.717, 1.165) is 9.58 Å². The van der Waals surface area contributed by atoms with Gasteiger partial charge in [0.1, 0.15) is 5.82 Å². The highest BCUT2D eigenvalue weighted by Gasteiger charge is 2.10. The zero-order valence-electron chi connectivity index (χ0n) is 12.1. The molecule has 0 saturated carbocycles. The van der Waals surface area contributed by atoms with E-state index in [2.05, 4.69) is 11.6 Å². The lowest BCUT2D eigenvalue weighted by molar-refractivity contribution is -0.113. The van der Waals surface area contributed by atoms with Gasteiger partial charge in [0.15, 0.2) is 4.80 Å². The number of aromatic nitrogens is 1. The smallest absolute Gasteiger partial charge is 0.272 e. The van der Waals surface area contributed by atoms with Gasteiger partial charge >= 0.3 is 0 Å². The van der Waals surface area contributed by atoms with Crippen LogP contribution in [0.15, 0.2) is 59.4 Å². The minimum atomic E-state index is -0.372. The summed E-state index contributed by atoms with van der Waals surface area (Å²) >= 11 is 2.83. The van der Waals surface area contributed by atoms with Crippen LogP contribution in [0.2, 0.25) is 0 Å². The molecule has 116 valence electrons. The van der Waals surface area contributed by atoms with Gasteiger partial charge in [-0.05, 0) is 29.7 Å². The number of rotatable bonds is 4. The van der Waals surface area contributed by atoms with E-state index in [-0.39, 0.29) is 11.7 Å². The first-order valence-corrected chi connectivity index (χ1v) is 8.57. The summed E-state index contributed by atoms with van der Waals surface area (Å²) in [5.41, 5.74) is 0.450. The Kier molecular flexibility index (Phi) is 4.64. The van der Waals surface area contributed by atoms with E-state index in [9.17, 15) is 9.18 Å². The van der Waals surface area contributed by atoms with Gasteiger partial charge in [-0.2, -0.15) is 4.99 Å². The van der Waals surface area contributed by atoms with Gasteiger partial charge in [0.2, 0.25) is 0 Å². The number of carbonyl (C=O) groups excluding carboxylic acids is 1. The molecule has 3 aromatic rings. The molecule has 2 aromatic heterocycles. The lowest BCUT2D eigenvalue weighted by Gasteiger charge is -2.01. The molecule has 0 radical (unpaired) electrons. The fourth-order valence-corrected chi connectivity index (χ4v) is 3.82. The van der Waals surface area contributed by atoms with Gasteiger partial charge in [-0.15, -0.1) is 17.9 Å². The van der Waals surface area contributed by atoms with Crippen molar-refractivity contribution in [3.05, 3.63) is 69.9 Å². The van der Waals surface area contributed by atoms with Gasteiger partial charge in [-0.25, -0.2) is 4.39 Å². The minimum Gasteiger partial charge on any atom is -0.310 e. The maximum absolute atomic E-state index is 14.1. The molecule has 0 aliphatic heterocycles. The standard InChI is InChI=1S/C17H13FN2OS2/c1-2-10-20-16-13(18)6-3-7-14(16)23-17(20)19-15(21)9-8-12-5-4-11-22-12/h2-9,11H,1,10H2/b9-8+,19-17?. The zero-order chi connectivity index (χ0) is 16.2. The van der Waals surface area contributed by atoms with Crippen LogP contribution in [0.1, 0.15) is 4.88 Å². The SMILES string of the molecule is C=CCn1c(=NC(=O)/C=C/c2cccs2)sc2cccc(F)c21. The van der Waals surface area contributed by atoms with E-state index >= 15 is 0 Å². The predicted octanol–water partition coefficient (Wildman–Crippen LogP) is 4.23. The van der Waals surface area contributed by atoms with Crippen molar-refractivity contribution in [3.8, 4) is 0 Å². The molecule has 3 rings (SSSR count). The van der Waals surface area contributed by atoms with Crippen LogP contribution in [0, 0.1) is 5.82 Å². The number of benzene rings is 1. The summed E-state index contributed by atoms with van der Waals surface area (Å²) in [5, 5.41) is 1.94. The van der Waals surface area contributed by atoms with Gasteiger partial charge < -0.3 is 4.57 Å². The molecule has 0 saturated heterocycles. The molecule has 0 aliphatic carbocycles. The zero-order valence-corrected chi connectivity index (χ0v) is 13.7. The van der Waals surface area contributed by atoms with Gasteiger partial charge in [-0.1, -0.05) is 29.5 Å². The van der Waals surface area contributed by atoms with Crippen LogP contribution < -0.4 is 4.80 Å². The molecule has 0 unspecified atom stereocenters. The second-order valence-corrected chi connectivity index (χ2v) is 6.66. The van der Waals surface area contributed by atoms with Gasteiger partial charge in [0, 0.05) is 17.5 Å². The molecule has 1 aromatic carbocycles. The third-order valence-corrected chi connectivity index (χ3v) is 4.98. The number of thiazole rings is 1. The van der Waals surface area contributed by atoms with Crippen molar-refractivity contribution in [2.45, 2.75) is 6.54 Å². The Balaban J connectivity index is 2.04. The monoisotopic (exact) mass is 344 g/mol. The fraction of sp³-hybridized carbons (Fsp3) is 0.0588. The molecule has 0 bridgehead atoms. The van der Waals surface area contributed by atoms with Crippen molar-refractivity contribution in [3.63, 3.8) is 0 Å². The molecular formula is C17H13FN2OS2. The third kappa shape index (κ3) is 3.38. The van der Waals surface area contributed by atoms with E-state index in [0.29, 0.717) is 16.9 Å². The summed E-state index contributed by atoms with van der Waals surface area (Å²) in [6.07, 6.45) is 4.80. The topological polar surface area (TPSA) is 34.4 Å². The first kappa shape index (κ1) is 15.6.